The fourth-order valence-electron chi connectivity index (χ4n) is 4.87. The molecule has 1 saturated carbocycles. The number of hydrogen-bond acceptors (Lipinski definition) is 9. The van der Waals surface area contributed by atoms with E-state index in [1.54, 1.807) is 7.11 Å². The van der Waals surface area contributed by atoms with E-state index in [0.717, 1.165) is 48.1 Å². The first-order chi connectivity index (χ1) is 16.5. The van der Waals surface area contributed by atoms with E-state index < -0.39 is 12.2 Å². The number of aliphatic hydroxyl groups excluding tert-OH is 2. The number of aliphatic hydroxyl groups is 2. The minimum Gasteiger partial charge on any atom is -0.493 e. The molecular formula is C23H29N5O6. The van der Waals surface area contributed by atoms with Crippen molar-refractivity contribution in [3.05, 3.63) is 35.9 Å². The van der Waals surface area contributed by atoms with Crippen LogP contribution in [0.4, 0.5) is 5.82 Å². The molecule has 0 aliphatic heterocycles. The summed E-state index contributed by atoms with van der Waals surface area (Å²) in [6.45, 7) is 0.0463. The number of nitrogens with zero attached hydrogens (tertiary/aromatic N) is 4. The lowest BCUT2D eigenvalue weighted by molar-refractivity contribution is -0.122. The van der Waals surface area contributed by atoms with E-state index in [1.807, 2.05) is 22.9 Å². The Hall–Kier alpha value is -3.44. The van der Waals surface area contributed by atoms with Crippen molar-refractivity contribution in [3.8, 4) is 11.6 Å². The maximum atomic E-state index is 10.8. The average Bonchev–Trinajstić information content (AvgIpc) is 3.40. The first-order valence-corrected chi connectivity index (χ1v) is 11.2. The zero-order valence-electron chi connectivity index (χ0n) is 18.9. The first-order valence-electron chi connectivity index (χ1n) is 11.2. The molecular weight excluding hydrogens is 442 g/mol. The second-order valence-corrected chi connectivity index (χ2v) is 8.48. The Kier molecular flexibility index (Phi) is 7.13. The van der Waals surface area contributed by atoms with Crippen molar-refractivity contribution in [2.24, 2.45) is 5.92 Å². The van der Waals surface area contributed by atoms with Crippen LogP contribution in [0.5, 0.6) is 11.6 Å². The number of nitrogens with two attached hydrogens (primary N) is 1. The van der Waals surface area contributed by atoms with Gasteiger partial charge in [0.05, 0.1) is 36.9 Å². The molecule has 0 amide bonds. The Balaban J connectivity index is 0.000000868. The summed E-state index contributed by atoms with van der Waals surface area (Å²) in [5.74, 6) is 1.47. The Morgan fingerprint density at radius 1 is 1.24 bits per heavy atom. The predicted molar refractivity (Wildman–Crippen MR) is 123 cm³/mol. The van der Waals surface area contributed by atoms with Gasteiger partial charge in [-0.25, -0.2) is 15.0 Å². The number of carboxylic acid groups (broad SMARTS) is 1. The number of carbonyl (C=O) groups is 1. The molecule has 11 heteroatoms. The first kappa shape index (κ1) is 23.7. The van der Waals surface area contributed by atoms with E-state index in [1.165, 1.54) is 6.33 Å². The summed E-state index contributed by atoms with van der Waals surface area (Å²) in [6.07, 6.45) is 6.04. The third-order valence-electron chi connectivity index (χ3n) is 6.57. The van der Waals surface area contributed by atoms with Crippen molar-refractivity contribution in [1.82, 2.24) is 19.5 Å². The molecule has 11 nitrogen and oxygen atoms in total. The summed E-state index contributed by atoms with van der Waals surface area (Å²) in [7, 11) is 1.60. The zero-order chi connectivity index (χ0) is 24.2. The lowest BCUT2D eigenvalue weighted by Crippen LogP contribution is -2.31. The van der Waals surface area contributed by atoms with E-state index >= 15 is 0 Å². The lowest BCUT2D eigenvalue weighted by atomic mass is 9.95. The SMILES string of the molecule is COc1cc(OC[C@@H]2C[C@@H](n3ccc4c(N)ncnc43)[C@H](O)[C@@H]2O)c2c(n1)CCCC2.O=CO. The van der Waals surface area contributed by atoms with Crippen LogP contribution in [0.3, 0.4) is 0 Å². The van der Waals surface area contributed by atoms with Gasteiger partial charge in [0.15, 0.2) is 0 Å². The van der Waals surface area contributed by atoms with Crippen LogP contribution in [-0.2, 0) is 17.6 Å². The van der Waals surface area contributed by atoms with E-state index in [2.05, 4.69) is 15.0 Å². The Bertz CT molecular complexity index is 1150. The largest absolute Gasteiger partial charge is 0.493 e. The number of anilines is 1. The molecule has 4 atom stereocenters. The molecule has 0 radical (unpaired) electrons. The van der Waals surface area contributed by atoms with Crippen LogP contribution in [0.2, 0.25) is 0 Å². The standard InChI is InChI=1S/C22H27N5O4.CH2O2/c1-30-18-9-17(13-4-2-3-5-15(13)26-18)31-10-12-8-16(20(29)19(12)28)27-7-6-14-21(23)24-11-25-22(14)27;2-1-3/h6-7,9,11-12,16,19-20,28-29H,2-5,8,10H2,1H3,(H2,23,24,25);1H,(H,2,3)/t12-,16+,19+,20-;/m0./s1. The number of hydrogen-bond donors (Lipinski definition) is 4. The van der Waals surface area contributed by atoms with Gasteiger partial charge >= 0.3 is 0 Å². The molecule has 182 valence electrons. The molecule has 2 aliphatic rings. The number of aryl methyl sites for hydroxylation is 1. The van der Waals surface area contributed by atoms with Crippen LogP contribution < -0.4 is 15.2 Å². The van der Waals surface area contributed by atoms with E-state index in [9.17, 15) is 10.2 Å². The zero-order valence-corrected chi connectivity index (χ0v) is 18.9. The molecule has 3 heterocycles. The molecule has 0 spiro atoms. The van der Waals surface area contributed by atoms with Crippen LogP contribution >= 0.6 is 0 Å². The molecule has 3 aromatic heterocycles. The fourth-order valence-corrected chi connectivity index (χ4v) is 4.87. The van der Waals surface area contributed by atoms with Gasteiger partial charge in [-0.3, -0.25) is 4.79 Å². The minimum atomic E-state index is -0.929. The molecule has 5 N–H and O–H groups in total. The van der Waals surface area contributed by atoms with Gasteiger partial charge in [-0.1, -0.05) is 0 Å². The number of ether oxygens (including phenoxy) is 2. The van der Waals surface area contributed by atoms with Crippen molar-refractivity contribution in [2.75, 3.05) is 19.5 Å². The molecule has 1 fully saturated rings. The highest BCUT2D eigenvalue weighted by Crippen LogP contribution is 2.39. The van der Waals surface area contributed by atoms with Gasteiger partial charge in [0.25, 0.3) is 6.47 Å². The summed E-state index contributed by atoms with van der Waals surface area (Å²) in [4.78, 5) is 21.3. The molecule has 0 saturated heterocycles. The van der Waals surface area contributed by atoms with E-state index in [4.69, 9.17) is 25.1 Å². The second kappa shape index (κ2) is 10.2. The smallest absolute Gasteiger partial charge is 0.290 e. The number of rotatable bonds is 5. The van der Waals surface area contributed by atoms with Gasteiger partial charge in [-0.15, -0.1) is 0 Å². The quantitative estimate of drug-likeness (QED) is 0.399. The Labute approximate surface area is 196 Å². The van der Waals surface area contributed by atoms with Crippen molar-refractivity contribution >= 4 is 23.3 Å². The van der Waals surface area contributed by atoms with Crippen LogP contribution in [0, 0.1) is 5.92 Å². The number of aromatic nitrogens is 4. The Morgan fingerprint density at radius 3 is 2.76 bits per heavy atom. The number of fused-ring (bicyclic) bond motifs is 2. The number of methoxy groups -OCH3 is 1. The summed E-state index contributed by atoms with van der Waals surface area (Å²) < 4.78 is 13.4. The van der Waals surface area contributed by atoms with Crippen LogP contribution in [0.1, 0.15) is 36.6 Å². The summed E-state index contributed by atoms with van der Waals surface area (Å²) >= 11 is 0. The summed E-state index contributed by atoms with van der Waals surface area (Å²) in [5, 5.41) is 29.1. The van der Waals surface area contributed by atoms with Gasteiger partial charge in [0, 0.05) is 23.7 Å². The molecule has 3 aromatic rings. The van der Waals surface area contributed by atoms with Gasteiger partial charge in [-0.2, -0.15) is 0 Å². The van der Waals surface area contributed by atoms with Crippen LogP contribution in [0.15, 0.2) is 24.7 Å². The highest BCUT2D eigenvalue weighted by atomic mass is 16.5. The van der Waals surface area contributed by atoms with Crippen molar-refractivity contribution < 1.29 is 29.6 Å². The second-order valence-electron chi connectivity index (χ2n) is 8.48. The van der Waals surface area contributed by atoms with Crippen LogP contribution in [0.25, 0.3) is 11.0 Å². The van der Waals surface area contributed by atoms with Gasteiger partial charge < -0.3 is 35.1 Å². The predicted octanol–water partition coefficient (Wildman–Crippen LogP) is 1.36. The van der Waals surface area contributed by atoms with Crippen molar-refractivity contribution in [1.29, 1.82) is 0 Å². The molecule has 34 heavy (non-hydrogen) atoms. The summed E-state index contributed by atoms with van der Waals surface area (Å²) in [6, 6.07) is 3.33. The third kappa shape index (κ3) is 4.48. The maximum absolute atomic E-state index is 10.8. The highest BCUT2D eigenvalue weighted by molar-refractivity contribution is 5.86. The molecule has 2 aliphatic carbocycles. The Morgan fingerprint density at radius 2 is 2.00 bits per heavy atom. The van der Waals surface area contributed by atoms with E-state index in [0.29, 0.717) is 30.4 Å². The maximum Gasteiger partial charge on any atom is 0.290 e. The molecule has 0 unspecified atom stereocenters. The topological polar surface area (TPSA) is 166 Å². The lowest BCUT2D eigenvalue weighted by Gasteiger charge is -2.22. The average molecular weight is 472 g/mol. The normalized spacial score (nSPS) is 23.6. The van der Waals surface area contributed by atoms with Gasteiger partial charge in [0.2, 0.25) is 5.88 Å². The fraction of sp³-hybridized carbons (Fsp3) is 0.478. The molecule has 0 aromatic carbocycles. The van der Waals surface area contributed by atoms with Crippen molar-refractivity contribution in [2.45, 2.75) is 50.4 Å². The van der Waals surface area contributed by atoms with E-state index in [-0.39, 0.29) is 18.4 Å². The molecule has 0 bridgehead atoms. The minimum absolute atomic E-state index is 0.227. The van der Waals surface area contributed by atoms with Crippen molar-refractivity contribution in [3.63, 3.8) is 0 Å². The summed E-state index contributed by atoms with van der Waals surface area (Å²) in [5.41, 5.74) is 8.74. The van der Waals surface area contributed by atoms with Gasteiger partial charge in [0.1, 0.15) is 29.6 Å². The highest BCUT2D eigenvalue weighted by Gasteiger charge is 2.43. The monoisotopic (exact) mass is 471 g/mol. The van der Waals surface area contributed by atoms with Gasteiger partial charge in [-0.05, 0) is 38.2 Å². The third-order valence-corrected chi connectivity index (χ3v) is 6.57. The number of pyridine rings is 1. The number of nitrogen functional groups attached to an aromatic ring is 1. The molecule has 5 rings (SSSR count). The van der Waals surface area contributed by atoms with Crippen LogP contribution in [-0.4, -0.2) is 67.2 Å².